The van der Waals surface area contributed by atoms with Crippen LogP contribution in [0.2, 0.25) is 0 Å². The second-order valence-corrected chi connectivity index (χ2v) is 8.04. The van der Waals surface area contributed by atoms with Crippen molar-refractivity contribution in [3.63, 3.8) is 0 Å². The normalized spacial score (nSPS) is 21.7. The average Bonchev–Trinajstić information content (AvgIpc) is 2.71. The topological polar surface area (TPSA) is 69.6 Å². The van der Waals surface area contributed by atoms with Crippen molar-refractivity contribution in [2.45, 2.75) is 37.3 Å². The van der Waals surface area contributed by atoms with Gasteiger partial charge in [-0.1, -0.05) is 0 Å². The standard InChI is InChI=1S/C12H20N2O3S2/c1-9-12(6-11(8-15)18-9)19(16,17)13-10-4-3-5-14(2)7-10/h6,10,13,15H,3-5,7-8H2,1-2H3. The highest BCUT2D eigenvalue weighted by molar-refractivity contribution is 7.89. The number of sulfonamides is 1. The van der Waals surface area contributed by atoms with Gasteiger partial charge in [-0.3, -0.25) is 0 Å². The number of nitrogens with zero attached hydrogens (tertiary/aromatic N) is 1. The monoisotopic (exact) mass is 304 g/mol. The van der Waals surface area contributed by atoms with Gasteiger partial charge in [-0.05, 0) is 39.4 Å². The first-order chi connectivity index (χ1) is 8.92. The van der Waals surface area contributed by atoms with Crippen LogP contribution in [0.4, 0.5) is 0 Å². The Morgan fingerprint density at radius 1 is 1.58 bits per heavy atom. The molecule has 1 saturated heterocycles. The van der Waals surface area contributed by atoms with Crippen molar-refractivity contribution in [2.24, 2.45) is 0 Å². The number of aliphatic hydroxyl groups is 1. The number of nitrogens with one attached hydrogen (secondary N) is 1. The fraction of sp³-hybridized carbons (Fsp3) is 0.667. The first kappa shape index (κ1) is 14.9. The lowest BCUT2D eigenvalue weighted by molar-refractivity contribution is 0.242. The van der Waals surface area contributed by atoms with Crippen molar-refractivity contribution in [3.05, 3.63) is 15.8 Å². The quantitative estimate of drug-likeness (QED) is 0.868. The molecular weight excluding hydrogens is 284 g/mol. The second kappa shape index (κ2) is 5.88. The Labute approximate surface area is 118 Å². The fourth-order valence-electron chi connectivity index (χ4n) is 2.41. The molecule has 0 aromatic carbocycles. The molecule has 1 unspecified atom stereocenters. The van der Waals surface area contributed by atoms with Gasteiger partial charge in [0.1, 0.15) is 0 Å². The summed E-state index contributed by atoms with van der Waals surface area (Å²) in [5.74, 6) is 0. The third kappa shape index (κ3) is 3.55. The molecular formula is C12H20N2O3S2. The third-order valence-electron chi connectivity index (χ3n) is 3.31. The molecule has 0 bridgehead atoms. The maximum atomic E-state index is 12.4. The van der Waals surface area contributed by atoms with E-state index in [9.17, 15) is 8.42 Å². The van der Waals surface area contributed by atoms with E-state index < -0.39 is 10.0 Å². The minimum Gasteiger partial charge on any atom is -0.391 e. The van der Waals surface area contributed by atoms with Crippen molar-refractivity contribution in [2.75, 3.05) is 20.1 Å². The molecule has 2 heterocycles. The summed E-state index contributed by atoms with van der Waals surface area (Å²) in [6.07, 6.45) is 1.88. The molecule has 7 heteroatoms. The van der Waals surface area contributed by atoms with E-state index in [4.69, 9.17) is 5.11 Å². The lowest BCUT2D eigenvalue weighted by Gasteiger charge is -2.29. The predicted molar refractivity (Wildman–Crippen MR) is 75.8 cm³/mol. The van der Waals surface area contributed by atoms with Crippen LogP contribution >= 0.6 is 11.3 Å². The fourth-order valence-corrected chi connectivity index (χ4v) is 5.17. The van der Waals surface area contributed by atoms with Crippen molar-refractivity contribution < 1.29 is 13.5 Å². The molecule has 1 aliphatic heterocycles. The van der Waals surface area contributed by atoms with Crippen LogP contribution in [0.15, 0.2) is 11.0 Å². The molecule has 1 atom stereocenters. The summed E-state index contributed by atoms with van der Waals surface area (Å²) in [5, 5.41) is 9.09. The Kier molecular flexibility index (Phi) is 4.62. The molecule has 0 saturated carbocycles. The van der Waals surface area contributed by atoms with E-state index in [2.05, 4.69) is 9.62 Å². The number of likely N-dealkylation sites (N-methyl/N-ethyl adjacent to an activating group) is 1. The molecule has 2 rings (SSSR count). The van der Waals surface area contributed by atoms with Crippen molar-refractivity contribution in [3.8, 4) is 0 Å². The molecule has 2 N–H and O–H groups in total. The molecule has 0 radical (unpaired) electrons. The number of hydrogen-bond donors (Lipinski definition) is 2. The number of aliphatic hydroxyl groups excluding tert-OH is 1. The Balaban J connectivity index is 2.15. The first-order valence-corrected chi connectivity index (χ1v) is 8.63. The van der Waals surface area contributed by atoms with Gasteiger partial charge >= 0.3 is 0 Å². The van der Waals surface area contributed by atoms with Gasteiger partial charge in [-0.2, -0.15) is 0 Å². The van der Waals surface area contributed by atoms with E-state index >= 15 is 0 Å². The average molecular weight is 304 g/mol. The smallest absolute Gasteiger partial charge is 0.241 e. The zero-order valence-electron chi connectivity index (χ0n) is 11.2. The molecule has 0 spiro atoms. The number of hydrogen-bond acceptors (Lipinski definition) is 5. The molecule has 0 amide bonds. The molecule has 5 nitrogen and oxygen atoms in total. The number of thiophene rings is 1. The molecule has 19 heavy (non-hydrogen) atoms. The van der Waals surface area contributed by atoms with Crippen molar-refractivity contribution >= 4 is 21.4 Å². The van der Waals surface area contributed by atoms with Crippen LogP contribution in [0.25, 0.3) is 0 Å². The Morgan fingerprint density at radius 2 is 2.32 bits per heavy atom. The summed E-state index contributed by atoms with van der Waals surface area (Å²) < 4.78 is 27.5. The highest BCUT2D eigenvalue weighted by Crippen LogP contribution is 2.26. The van der Waals surface area contributed by atoms with Gasteiger partial charge in [0, 0.05) is 22.3 Å². The minimum absolute atomic E-state index is 0.0272. The number of rotatable bonds is 4. The van der Waals surface area contributed by atoms with Crippen LogP contribution in [-0.4, -0.2) is 44.6 Å². The largest absolute Gasteiger partial charge is 0.391 e. The highest BCUT2D eigenvalue weighted by Gasteiger charge is 2.26. The summed E-state index contributed by atoms with van der Waals surface area (Å²) >= 11 is 1.32. The van der Waals surface area contributed by atoms with E-state index in [0.717, 1.165) is 30.8 Å². The van der Waals surface area contributed by atoms with Crippen LogP contribution in [0.3, 0.4) is 0 Å². The Hall–Kier alpha value is -0.470. The van der Waals surface area contributed by atoms with E-state index in [1.165, 1.54) is 11.3 Å². The maximum Gasteiger partial charge on any atom is 0.241 e. The van der Waals surface area contributed by atoms with Gasteiger partial charge in [-0.25, -0.2) is 13.1 Å². The highest BCUT2D eigenvalue weighted by atomic mass is 32.2. The number of aryl methyl sites for hydroxylation is 1. The minimum atomic E-state index is -3.48. The van der Waals surface area contributed by atoms with Crippen LogP contribution in [0.5, 0.6) is 0 Å². The lowest BCUT2D eigenvalue weighted by Crippen LogP contribution is -2.46. The van der Waals surface area contributed by atoms with E-state index in [0.29, 0.717) is 9.77 Å². The Bertz CT molecular complexity index is 539. The van der Waals surface area contributed by atoms with Gasteiger partial charge in [0.05, 0.1) is 11.5 Å². The molecule has 1 fully saturated rings. The van der Waals surface area contributed by atoms with Gasteiger partial charge in [0.2, 0.25) is 10.0 Å². The zero-order chi connectivity index (χ0) is 14.0. The molecule has 0 aliphatic carbocycles. The summed E-state index contributed by atoms with van der Waals surface area (Å²) in [7, 11) is -1.48. The third-order valence-corrected chi connectivity index (χ3v) is 6.13. The van der Waals surface area contributed by atoms with E-state index in [1.54, 1.807) is 13.0 Å². The van der Waals surface area contributed by atoms with Crippen molar-refractivity contribution in [1.82, 2.24) is 9.62 Å². The second-order valence-electron chi connectivity index (χ2n) is 5.01. The summed E-state index contributed by atoms with van der Waals surface area (Å²) in [5.41, 5.74) is 0. The van der Waals surface area contributed by atoms with Gasteiger partial charge in [0.15, 0.2) is 0 Å². The van der Waals surface area contributed by atoms with Crippen LogP contribution in [0.1, 0.15) is 22.6 Å². The van der Waals surface area contributed by atoms with Gasteiger partial charge in [-0.15, -0.1) is 11.3 Å². The van der Waals surface area contributed by atoms with Crippen LogP contribution < -0.4 is 4.72 Å². The summed E-state index contributed by atoms with van der Waals surface area (Å²) in [6, 6.07) is 1.54. The Morgan fingerprint density at radius 3 is 2.89 bits per heavy atom. The predicted octanol–water partition coefficient (Wildman–Crippen LogP) is 0.921. The number of likely N-dealkylation sites (tertiary alicyclic amines) is 1. The van der Waals surface area contributed by atoms with Crippen molar-refractivity contribution in [1.29, 1.82) is 0 Å². The zero-order valence-corrected chi connectivity index (χ0v) is 12.9. The molecule has 1 aromatic rings. The molecule has 108 valence electrons. The summed E-state index contributed by atoms with van der Waals surface area (Å²) in [4.78, 5) is 3.84. The lowest BCUT2D eigenvalue weighted by atomic mass is 10.1. The molecule has 1 aliphatic rings. The van der Waals surface area contributed by atoms with Crippen LogP contribution in [0, 0.1) is 6.92 Å². The SMILES string of the molecule is Cc1sc(CO)cc1S(=O)(=O)NC1CCCN(C)C1. The van der Waals surface area contributed by atoms with Gasteiger partial charge < -0.3 is 10.0 Å². The first-order valence-electron chi connectivity index (χ1n) is 6.33. The van der Waals surface area contributed by atoms with Gasteiger partial charge in [0.25, 0.3) is 0 Å². The maximum absolute atomic E-state index is 12.4. The molecule has 1 aromatic heterocycles. The van der Waals surface area contributed by atoms with E-state index in [1.807, 2.05) is 7.05 Å². The number of piperidine rings is 1. The van der Waals surface area contributed by atoms with Crippen LogP contribution in [-0.2, 0) is 16.6 Å². The van der Waals surface area contributed by atoms with E-state index in [-0.39, 0.29) is 12.6 Å². The summed E-state index contributed by atoms with van der Waals surface area (Å²) in [6.45, 7) is 3.41.